The molecule has 1 saturated carbocycles. The number of carboxylic acid groups (broad SMARTS) is 1. The van der Waals surface area contributed by atoms with Crippen LogP contribution in [0.5, 0.6) is 0 Å². The summed E-state index contributed by atoms with van der Waals surface area (Å²) in [5, 5.41) is 8.75. The van der Waals surface area contributed by atoms with Crippen molar-refractivity contribution in [2.24, 2.45) is 5.92 Å². The van der Waals surface area contributed by atoms with Gasteiger partial charge in [-0.3, -0.25) is 4.98 Å². The Labute approximate surface area is 107 Å². The number of ether oxygens (including phenoxy) is 1. The van der Waals surface area contributed by atoms with E-state index in [0.717, 1.165) is 12.3 Å². The zero-order valence-electron chi connectivity index (χ0n) is 10.5. The molecule has 4 heteroatoms. The average Bonchev–Trinajstić information content (AvgIpc) is 2.40. The van der Waals surface area contributed by atoms with E-state index in [1.165, 1.54) is 38.3 Å². The number of hydrogen-bond donors (Lipinski definition) is 1. The smallest absolute Gasteiger partial charge is 0.337 e. The number of carbonyl (C=O) groups is 1. The molecule has 0 bridgehead atoms. The standard InChI is InChI=1S/C14H19NO3/c16-14(17)12-6-7-13(15-8-12)10-18-9-11-4-2-1-3-5-11/h6-8,11H,1-5,9-10H2,(H,16,17). The highest BCUT2D eigenvalue weighted by Gasteiger charge is 2.13. The van der Waals surface area contributed by atoms with Crippen LogP contribution in [0.3, 0.4) is 0 Å². The first-order valence-corrected chi connectivity index (χ1v) is 6.51. The number of hydrogen-bond acceptors (Lipinski definition) is 3. The number of pyridine rings is 1. The number of nitrogens with zero attached hydrogens (tertiary/aromatic N) is 1. The van der Waals surface area contributed by atoms with Crippen molar-refractivity contribution in [2.75, 3.05) is 6.61 Å². The van der Waals surface area contributed by atoms with Crippen LogP contribution in [0.1, 0.15) is 48.2 Å². The lowest BCUT2D eigenvalue weighted by molar-refractivity contribution is 0.0691. The Morgan fingerprint density at radius 1 is 1.33 bits per heavy atom. The van der Waals surface area contributed by atoms with E-state index >= 15 is 0 Å². The first-order chi connectivity index (χ1) is 8.75. The molecule has 0 saturated heterocycles. The van der Waals surface area contributed by atoms with Gasteiger partial charge in [-0.2, -0.15) is 0 Å². The average molecular weight is 249 g/mol. The van der Waals surface area contributed by atoms with Crippen LogP contribution >= 0.6 is 0 Å². The van der Waals surface area contributed by atoms with Gasteiger partial charge in [0.15, 0.2) is 0 Å². The topological polar surface area (TPSA) is 59.4 Å². The lowest BCUT2D eigenvalue weighted by Crippen LogP contribution is -2.13. The van der Waals surface area contributed by atoms with Crippen LogP contribution in [0, 0.1) is 5.92 Å². The molecule has 98 valence electrons. The van der Waals surface area contributed by atoms with Crippen LogP contribution in [-0.2, 0) is 11.3 Å². The lowest BCUT2D eigenvalue weighted by atomic mass is 9.90. The second-order valence-electron chi connectivity index (χ2n) is 4.86. The summed E-state index contributed by atoms with van der Waals surface area (Å²) < 4.78 is 5.65. The first-order valence-electron chi connectivity index (χ1n) is 6.51. The van der Waals surface area contributed by atoms with Crippen molar-refractivity contribution in [3.63, 3.8) is 0 Å². The third kappa shape index (κ3) is 3.81. The number of aromatic nitrogens is 1. The monoisotopic (exact) mass is 249 g/mol. The molecule has 0 aliphatic heterocycles. The Balaban J connectivity index is 1.74. The minimum atomic E-state index is -0.947. The fourth-order valence-electron chi connectivity index (χ4n) is 2.32. The van der Waals surface area contributed by atoms with Gasteiger partial charge in [0.2, 0.25) is 0 Å². The van der Waals surface area contributed by atoms with E-state index in [2.05, 4.69) is 4.98 Å². The van der Waals surface area contributed by atoms with E-state index in [4.69, 9.17) is 9.84 Å². The summed E-state index contributed by atoms with van der Waals surface area (Å²) in [5.41, 5.74) is 1.00. The molecule has 0 atom stereocenters. The van der Waals surface area contributed by atoms with E-state index < -0.39 is 5.97 Å². The van der Waals surface area contributed by atoms with Gasteiger partial charge in [-0.1, -0.05) is 19.3 Å². The van der Waals surface area contributed by atoms with Gasteiger partial charge in [-0.15, -0.1) is 0 Å². The molecule has 1 aromatic heterocycles. The highest BCUT2D eigenvalue weighted by atomic mass is 16.5. The maximum Gasteiger partial charge on any atom is 0.337 e. The van der Waals surface area contributed by atoms with Crippen molar-refractivity contribution in [1.82, 2.24) is 4.98 Å². The molecule has 1 aliphatic rings. The SMILES string of the molecule is O=C(O)c1ccc(COCC2CCCCC2)nc1. The molecule has 0 spiro atoms. The van der Waals surface area contributed by atoms with Gasteiger partial charge >= 0.3 is 5.97 Å². The number of carboxylic acids is 1. The van der Waals surface area contributed by atoms with Crippen molar-refractivity contribution in [3.05, 3.63) is 29.6 Å². The van der Waals surface area contributed by atoms with Crippen molar-refractivity contribution >= 4 is 5.97 Å². The molecule has 1 heterocycles. The van der Waals surface area contributed by atoms with Gasteiger partial charge in [0.25, 0.3) is 0 Å². The van der Waals surface area contributed by atoms with E-state index in [9.17, 15) is 4.79 Å². The summed E-state index contributed by atoms with van der Waals surface area (Å²) in [6, 6.07) is 3.28. The summed E-state index contributed by atoms with van der Waals surface area (Å²) in [5.74, 6) is -0.255. The molecule has 18 heavy (non-hydrogen) atoms. The second-order valence-corrected chi connectivity index (χ2v) is 4.86. The highest BCUT2D eigenvalue weighted by molar-refractivity contribution is 5.87. The van der Waals surface area contributed by atoms with Gasteiger partial charge in [0, 0.05) is 12.8 Å². The number of rotatable bonds is 5. The Morgan fingerprint density at radius 3 is 2.72 bits per heavy atom. The van der Waals surface area contributed by atoms with Crippen molar-refractivity contribution < 1.29 is 14.6 Å². The molecular weight excluding hydrogens is 230 g/mol. The molecule has 0 aromatic carbocycles. The molecule has 2 rings (SSSR count). The maximum atomic E-state index is 10.7. The molecule has 1 aliphatic carbocycles. The van der Waals surface area contributed by atoms with Gasteiger partial charge in [0.05, 0.1) is 17.9 Å². The third-order valence-electron chi connectivity index (χ3n) is 3.40. The van der Waals surface area contributed by atoms with Crippen LogP contribution in [0.25, 0.3) is 0 Å². The Hall–Kier alpha value is -1.42. The van der Waals surface area contributed by atoms with Gasteiger partial charge in [0.1, 0.15) is 0 Å². The largest absolute Gasteiger partial charge is 0.478 e. The van der Waals surface area contributed by atoms with Crippen LogP contribution in [0.15, 0.2) is 18.3 Å². The molecule has 1 aromatic rings. The van der Waals surface area contributed by atoms with Gasteiger partial charge in [-0.05, 0) is 30.9 Å². The predicted octanol–water partition coefficient (Wildman–Crippen LogP) is 2.88. The van der Waals surface area contributed by atoms with E-state index in [1.54, 1.807) is 12.1 Å². The quantitative estimate of drug-likeness (QED) is 0.871. The van der Waals surface area contributed by atoms with Crippen LogP contribution < -0.4 is 0 Å². The van der Waals surface area contributed by atoms with Crippen molar-refractivity contribution in [3.8, 4) is 0 Å². The fraction of sp³-hybridized carbons (Fsp3) is 0.571. The van der Waals surface area contributed by atoms with Crippen LogP contribution in [0.4, 0.5) is 0 Å². The summed E-state index contributed by atoms with van der Waals surface area (Å²) in [4.78, 5) is 14.7. The van der Waals surface area contributed by atoms with Crippen LogP contribution in [-0.4, -0.2) is 22.7 Å². The van der Waals surface area contributed by atoms with Crippen molar-refractivity contribution in [2.45, 2.75) is 38.7 Å². The summed E-state index contributed by atoms with van der Waals surface area (Å²) in [6.07, 6.45) is 7.91. The van der Waals surface area contributed by atoms with E-state index in [0.29, 0.717) is 12.5 Å². The molecule has 0 radical (unpaired) electrons. The summed E-state index contributed by atoms with van der Waals surface area (Å²) in [7, 11) is 0. The minimum absolute atomic E-state index is 0.214. The Kier molecular flexibility index (Phi) is 4.70. The predicted molar refractivity (Wildman–Crippen MR) is 67.4 cm³/mol. The van der Waals surface area contributed by atoms with Crippen molar-refractivity contribution in [1.29, 1.82) is 0 Å². The number of aromatic carboxylic acids is 1. The molecule has 1 fully saturated rings. The molecule has 4 nitrogen and oxygen atoms in total. The molecular formula is C14H19NO3. The zero-order valence-corrected chi connectivity index (χ0v) is 10.5. The second kappa shape index (κ2) is 6.50. The fourth-order valence-corrected chi connectivity index (χ4v) is 2.32. The van der Waals surface area contributed by atoms with Crippen LogP contribution in [0.2, 0.25) is 0 Å². The Morgan fingerprint density at radius 2 is 2.11 bits per heavy atom. The normalized spacial score (nSPS) is 16.7. The zero-order chi connectivity index (χ0) is 12.8. The summed E-state index contributed by atoms with van der Waals surface area (Å²) >= 11 is 0. The third-order valence-corrected chi connectivity index (χ3v) is 3.40. The summed E-state index contributed by atoms with van der Waals surface area (Å²) in [6.45, 7) is 1.26. The van der Waals surface area contributed by atoms with E-state index in [1.807, 2.05) is 0 Å². The lowest BCUT2D eigenvalue weighted by Gasteiger charge is -2.21. The molecule has 0 unspecified atom stereocenters. The van der Waals surface area contributed by atoms with Gasteiger partial charge in [-0.25, -0.2) is 4.79 Å². The molecule has 1 N–H and O–H groups in total. The van der Waals surface area contributed by atoms with Gasteiger partial charge < -0.3 is 9.84 Å². The highest BCUT2D eigenvalue weighted by Crippen LogP contribution is 2.23. The Bertz CT molecular complexity index is 383. The maximum absolute atomic E-state index is 10.7. The minimum Gasteiger partial charge on any atom is -0.478 e. The first kappa shape index (κ1) is 13.0. The van der Waals surface area contributed by atoms with E-state index in [-0.39, 0.29) is 5.56 Å². The molecule has 0 amide bonds.